The number of fused-ring (bicyclic) bond motifs is 3. The molecule has 0 spiro atoms. The van der Waals surface area contributed by atoms with Gasteiger partial charge in [0.05, 0.1) is 4.90 Å². The molecule has 4 aromatic rings. The fourth-order valence-corrected chi connectivity index (χ4v) is 4.54. The Hall–Kier alpha value is -3.24. The molecule has 0 fully saturated rings. The Morgan fingerprint density at radius 3 is 2.34 bits per heavy atom. The first kappa shape index (κ1) is 22.0. The highest BCUT2D eigenvalue weighted by Gasteiger charge is 2.33. The van der Waals surface area contributed by atoms with Crippen molar-refractivity contribution in [2.45, 2.75) is 50.5 Å². The maximum Gasteiger partial charge on any atom is 0.324 e. The number of benzene rings is 2. The highest BCUT2D eigenvalue weighted by Crippen LogP contribution is 2.33. The van der Waals surface area contributed by atoms with Gasteiger partial charge in [-0.05, 0) is 44.2 Å². The van der Waals surface area contributed by atoms with Gasteiger partial charge in [-0.25, -0.2) is 8.42 Å². The van der Waals surface area contributed by atoms with Crippen molar-refractivity contribution >= 4 is 37.9 Å². The molecule has 0 radical (unpaired) electrons. The fourth-order valence-electron chi connectivity index (χ4n) is 3.15. The minimum atomic E-state index is -4.07. The Labute approximate surface area is 184 Å². The monoisotopic (exact) mass is 457 g/mol. The van der Waals surface area contributed by atoms with E-state index >= 15 is 0 Å². The van der Waals surface area contributed by atoms with Gasteiger partial charge in [-0.3, -0.25) is 4.79 Å². The van der Waals surface area contributed by atoms with Crippen LogP contribution in [0.3, 0.4) is 0 Å². The number of nitrogens with zero attached hydrogens (tertiary/aromatic N) is 2. The summed E-state index contributed by atoms with van der Waals surface area (Å²) in [5, 5.41) is 14.6. The second kappa shape index (κ2) is 7.14. The summed E-state index contributed by atoms with van der Waals surface area (Å²) in [6, 6.07) is 9.76. The van der Waals surface area contributed by atoms with Crippen LogP contribution in [0.4, 0.5) is 0 Å². The second-order valence-corrected chi connectivity index (χ2v) is 10.9. The number of furan rings is 1. The van der Waals surface area contributed by atoms with E-state index in [0.717, 1.165) is 0 Å². The van der Waals surface area contributed by atoms with Crippen molar-refractivity contribution in [3.63, 3.8) is 0 Å². The Balaban J connectivity index is 1.76. The number of nitrogens with one attached hydrogen (secondary N) is 1. The topological polar surface area (TPSA) is 136 Å². The van der Waals surface area contributed by atoms with Crippen molar-refractivity contribution in [2.24, 2.45) is 0 Å². The number of carbonyl (C=O) groups is 1. The van der Waals surface area contributed by atoms with Gasteiger partial charge in [0, 0.05) is 21.8 Å². The molecule has 0 atom stereocenters. The van der Waals surface area contributed by atoms with E-state index in [0.29, 0.717) is 39.2 Å². The number of hydrogen-bond acceptors (Lipinski definition) is 7. The number of carboxylic acid groups (broad SMARTS) is 1. The Morgan fingerprint density at radius 2 is 1.72 bits per heavy atom. The molecule has 0 unspecified atom stereocenters. The lowest BCUT2D eigenvalue weighted by molar-refractivity contribution is -0.142. The maximum absolute atomic E-state index is 12.7. The van der Waals surface area contributed by atoms with Gasteiger partial charge in [-0.1, -0.05) is 32.0 Å². The zero-order valence-electron chi connectivity index (χ0n) is 18.3. The molecule has 0 saturated carbocycles. The minimum Gasteiger partial charge on any atom is -0.480 e. The Bertz CT molecular complexity index is 1460. The molecule has 2 aromatic carbocycles. The van der Waals surface area contributed by atoms with E-state index in [1.54, 1.807) is 18.2 Å². The van der Waals surface area contributed by atoms with Crippen molar-refractivity contribution in [3.8, 4) is 11.4 Å². The molecule has 0 aliphatic rings. The number of carboxylic acids is 1. The highest BCUT2D eigenvalue weighted by atomic mass is 32.2. The SMILES string of the molecule is CC(C)(NS(=O)(=O)c1ccc2oc3cc(-c4noc(C(C)(C)C)n4)ccc3c2c1)C(=O)O. The summed E-state index contributed by atoms with van der Waals surface area (Å²) in [4.78, 5) is 15.7. The normalized spacial score (nSPS) is 13.2. The minimum absolute atomic E-state index is 0.0564. The van der Waals surface area contributed by atoms with Gasteiger partial charge < -0.3 is 14.0 Å². The van der Waals surface area contributed by atoms with Gasteiger partial charge in [-0.2, -0.15) is 9.71 Å². The lowest BCUT2D eigenvalue weighted by atomic mass is 9.97. The summed E-state index contributed by atoms with van der Waals surface area (Å²) in [7, 11) is -4.07. The van der Waals surface area contributed by atoms with Crippen LogP contribution < -0.4 is 4.72 Å². The quantitative estimate of drug-likeness (QED) is 0.458. The molecule has 2 aromatic heterocycles. The standard InChI is InChI=1S/C22H23N3O6S/c1-21(2,3)19-23-18(24-31-19)12-6-8-14-15-11-13(7-9-16(15)30-17(14)10-12)32(28,29)25-22(4,5)20(26)27/h6-11,25H,1-5H3,(H,26,27). The average molecular weight is 458 g/mol. The predicted molar refractivity (Wildman–Crippen MR) is 118 cm³/mol. The molecule has 10 heteroatoms. The Morgan fingerprint density at radius 1 is 1.00 bits per heavy atom. The zero-order valence-corrected chi connectivity index (χ0v) is 19.1. The van der Waals surface area contributed by atoms with Crippen LogP contribution in [0.15, 0.2) is 50.2 Å². The van der Waals surface area contributed by atoms with Gasteiger partial charge in [-0.15, -0.1) is 0 Å². The van der Waals surface area contributed by atoms with Crippen LogP contribution in [0, 0.1) is 0 Å². The molecule has 0 amide bonds. The van der Waals surface area contributed by atoms with Gasteiger partial charge >= 0.3 is 5.97 Å². The molecule has 168 valence electrons. The van der Waals surface area contributed by atoms with Gasteiger partial charge in [0.25, 0.3) is 0 Å². The van der Waals surface area contributed by atoms with Crippen molar-refractivity contribution in [3.05, 3.63) is 42.3 Å². The third-order valence-electron chi connectivity index (χ3n) is 5.00. The average Bonchev–Trinajstić information content (AvgIpc) is 3.31. The molecular weight excluding hydrogens is 434 g/mol. The van der Waals surface area contributed by atoms with Crippen molar-refractivity contribution in [1.82, 2.24) is 14.9 Å². The van der Waals surface area contributed by atoms with E-state index in [2.05, 4.69) is 14.9 Å². The van der Waals surface area contributed by atoms with Gasteiger partial charge in [0.15, 0.2) is 0 Å². The molecule has 0 aliphatic heterocycles. The van der Waals surface area contributed by atoms with E-state index in [9.17, 15) is 18.3 Å². The molecular formula is C22H23N3O6S. The molecule has 0 aliphatic carbocycles. The summed E-state index contributed by atoms with van der Waals surface area (Å²) in [6.45, 7) is 8.49. The molecule has 0 saturated heterocycles. The zero-order chi connectivity index (χ0) is 23.5. The number of hydrogen-bond donors (Lipinski definition) is 2. The number of aliphatic carboxylic acids is 1. The first-order valence-corrected chi connectivity index (χ1v) is 11.3. The van der Waals surface area contributed by atoms with E-state index in [4.69, 9.17) is 8.94 Å². The molecule has 0 bridgehead atoms. The van der Waals surface area contributed by atoms with Crippen molar-refractivity contribution in [2.75, 3.05) is 0 Å². The summed E-state index contributed by atoms with van der Waals surface area (Å²) in [6.07, 6.45) is 0. The van der Waals surface area contributed by atoms with Crippen LogP contribution in [0.1, 0.15) is 40.5 Å². The maximum atomic E-state index is 12.7. The van der Waals surface area contributed by atoms with E-state index in [1.165, 1.54) is 26.0 Å². The number of sulfonamides is 1. The molecule has 9 nitrogen and oxygen atoms in total. The lowest BCUT2D eigenvalue weighted by Crippen LogP contribution is -2.49. The fraction of sp³-hybridized carbons (Fsp3) is 0.318. The van der Waals surface area contributed by atoms with Crippen LogP contribution in [-0.4, -0.2) is 35.2 Å². The summed E-state index contributed by atoms with van der Waals surface area (Å²) >= 11 is 0. The third kappa shape index (κ3) is 3.87. The van der Waals surface area contributed by atoms with E-state index in [-0.39, 0.29) is 10.3 Å². The van der Waals surface area contributed by atoms with Crippen molar-refractivity contribution in [1.29, 1.82) is 0 Å². The smallest absolute Gasteiger partial charge is 0.324 e. The number of rotatable bonds is 5. The van der Waals surface area contributed by atoms with Crippen LogP contribution in [0.5, 0.6) is 0 Å². The molecule has 2 N–H and O–H groups in total. The molecule has 2 heterocycles. The van der Waals surface area contributed by atoms with Gasteiger partial charge in [0.2, 0.25) is 21.7 Å². The third-order valence-corrected chi connectivity index (χ3v) is 6.66. The first-order valence-electron chi connectivity index (χ1n) is 9.86. The van der Waals surface area contributed by atoms with Crippen LogP contribution in [-0.2, 0) is 20.2 Å². The lowest BCUT2D eigenvalue weighted by Gasteiger charge is -2.20. The molecule has 4 rings (SSSR count). The van der Waals surface area contributed by atoms with E-state index in [1.807, 2.05) is 26.8 Å². The second-order valence-electron chi connectivity index (χ2n) is 9.18. The largest absolute Gasteiger partial charge is 0.480 e. The van der Waals surface area contributed by atoms with Crippen LogP contribution in [0.25, 0.3) is 33.3 Å². The summed E-state index contributed by atoms with van der Waals surface area (Å²) in [5.41, 5.74) is -0.198. The van der Waals surface area contributed by atoms with Crippen LogP contribution in [0.2, 0.25) is 0 Å². The molecule has 32 heavy (non-hydrogen) atoms. The summed E-state index contributed by atoms with van der Waals surface area (Å²) in [5.74, 6) is -0.330. The Kier molecular flexibility index (Phi) is 4.90. The predicted octanol–water partition coefficient (Wildman–Crippen LogP) is 4.08. The first-order chi connectivity index (χ1) is 14.8. The summed E-state index contributed by atoms with van der Waals surface area (Å²) < 4.78 is 39.0. The highest BCUT2D eigenvalue weighted by molar-refractivity contribution is 7.89. The van der Waals surface area contributed by atoms with Crippen LogP contribution >= 0.6 is 0 Å². The number of aromatic nitrogens is 2. The van der Waals surface area contributed by atoms with Gasteiger partial charge in [0.1, 0.15) is 16.7 Å². The van der Waals surface area contributed by atoms with Crippen molar-refractivity contribution < 1.29 is 27.3 Å². The van der Waals surface area contributed by atoms with E-state index < -0.39 is 21.5 Å².